The highest BCUT2D eigenvalue weighted by Gasteiger charge is 2.00. The Morgan fingerprint density at radius 1 is 1.19 bits per heavy atom. The number of nitrogens with zero attached hydrogens (tertiary/aromatic N) is 2. The van der Waals surface area contributed by atoms with Crippen molar-refractivity contribution in [3.63, 3.8) is 0 Å². The summed E-state index contributed by atoms with van der Waals surface area (Å²) in [6.45, 7) is 0. The molecule has 0 aliphatic carbocycles. The Kier molecular flexibility index (Phi) is 3.07. The van der Waals surface area contributed by atoms with Gasteiger partial charge in [0.25, 0.3) is 0 Å². The van der Waals surface area contributed by atoms with Crippen LogP contribution in [-0.4, -0.2) is 9.97 Å². The van der Waals surface area contributed by atoms with Crippen molar-refractivity contribution in [2.45, 2.75) is 6.42 Å². The highest BCUT2D eigenvalue weighted by molar-refractivity contribution is 5.31. The largest absolute Gasteiger partial charge is 0.308 e. The third-order valence-corrected chi connectivity index (χ3v) is 2.13. The zero-order valence-electron chi connectivity index (χ0n) is 8.52. The Balaban J connectivity index is 2.16. The normalized spacial score (nSPS) is 10.1. The van der Waals surface area contributed by atoms with Crippen LogP contribution >= 0.6 is 0 Å². The second-order valence-corrected chi connectivity index (χ2v) is 3.31. The second kappa shape index (κ2) is 4.67. The summed E-state index contributed by atoms with van der Waals surface area (Å²) in [6, 6.07) is 7.93. The van der Waals surface area contributed by atoms with Crippen molar-refractivity contribution < 1.29 is 4.39 Å². The molecule has 4 nitrogen and oxygen atoms in total. The summed E-state index contributed by atoms with van der Waals surface area (Å²) in [5.41, 5.74) is 3.41. The standard InChI is InChI=1S/C11H11FN4/c12-9-3-1-8(2-4-9)7-11-14-6-5-10(15-11)16-13/h1-6H,7,13H2,(H,14,15,16). The topological polar surface area (TPSA) is 63.8 Å². The fourth-order valence-electron chi connectivity index (χ4n) is 1.35. The van der Waals surface area contributed by atoms with Gasteiger partial charge >= 0.3 is 0 Å². The van der Waals surface area contributed by atoms with Crippen LogP contribution in [0.2, 0.25) is 0 Å². The van der Waals surface area contributed by atoms with Crippen molar-refractivity contribution in [2.75, 3.05) is 5.43 Å². The van der Waals surface area contributed by atoms with E-state index < -0.39 is 0 Å². The lowest BCUT2D eigenvalue weighted by atomic mass is 10.1. The van der Waals surface area contributed by atoms with E-state index in [1.807, 2.05) is 0 Å². The number of hydrogen-bond donors (Lipinski definition) is 2. The molecular formula is C11H11FN4. The van der Waals surface area contributed by atoms with Crippen LogP contribution in [0.3, 0.4) is 0 Å². The summed E-state index contributed by atoms with van der Waals surface area (Å²) < 4.78 is 12.7. The number of benzene rings is 1. The van der Waals surface area contributed by atoms with Crippen LogP contribution in [0, 0.1) is 5.82 Å². The zero-order valence-corrected chi connectivity index (χ0v) is 8.52. The minimum Gasteiger partial charge on any atom is -0.308 e. The molecular weight excluding hydrogens is 207 g/mol. The smallest absolute Gasteiger partial charge is 0.143 e. The van der Waals surface area contributed by atoms with Crippen molar-refractivity contribution in [2.24, 2.45) is 5.84 Å². The lowest BCUT2D eigenvalue weighted by Gasteiger charge is -2.02. The fraction of sp³-hybridized carbons (Fsp3) is 0.0909. The molecule has 0 bridgehead atoms. The maximum atomic E-state index is 12.7. The van der Waals surface area contributed by atoms with Crippen LogP contribution < -0.4 is 11.3 Å². The summed E-state index contributed by atoms with van der Waals surface area (Å²) in [5, 5.41) is 0. The van der Waals surface area contributed by atoms with Gasteiger partial charge in [-0.2, -0.15) is 0 Å². The van der Waals surface area contributed by atoms with Gasteiger partial charge in [0.2, 0.25) is 0 Å². The SMILES string of the molecule is NNc1ccnc(Cc2ccc(F)cc2)n1. The summed E-state index contributed by atoms with van der Waals surface area (Å²) in [4.78, 5) is 8.27. The van der Waals surface area contributed by atoms with Gasteiger partial charge < -0.3 is 5.43 Å². The Morgan fingerprint density at radius 3 is 2.62 bits per heavy atom. The summed E-state index contributed by atoms with van der Waals surface area (Å²) in [7, 11) is 0. The first-order valence-corrected chi connectivity index (χ1v) is 4.81. The molecule has 1 heterocycles. The number of nitrogens with one attached hydrogen (secondary N) is 1. The van der Waals surface area contributed by atoms with Crippen LogP contribution in [0.25, 0.3) is 0 Å². The van der Waals surface area contributed by atoms with Crippen LogP contribution in [0.4, 0.5) is 10.2 Å². The Hall–Kier alpha value is -2.01. The molecule has 0 amide bonds. The molecule has 0 spiro atoms. The van der Waals surface area contributed by atoms with Crippen molar-refractivity contribution in [1.82, 2.24) is 9.97 Å². The molecule has 0 aliphatic rings. The summed E-state index contributed by atoms with van der Waals surface area (Å²) in [6.07, 6.45) is 2.18. The number of aromatic nitrogens is 2. The molecule has 0 unspecified atom stereocenters. The summed E-state index contributed by atoms with van der Waals surface area (Å²) >= 11 is 0. The molecule has 0 aliphatic heterocycles. The van der Waals surface area contributed by atoms with Crippen LogP contribution in [0.5, 0.6) is 0 Å². The van der Waals surface area contributed by atoms with E-state index in [0.29, 0.717) is 18.1 Å². The molecule has 0 radical (unpaired) electrons. The van der Waals surface area contributed by atoms with Gasteiger partial charge in [0.1, 0.15) is 17.5 Å². The van der Waals surface area contributed by atoms with Crippen molar-refractivity contribution in [1.29, 1.82) is 0 Å². The van der Waals surface area contributed by atoms with E-state index in [-0.39, 0.29) is 5.82 Å². The first kappa shape index (κ1) is 10.5. The second-order valence-electron chi connectivity index (χ2n) is 3.31. The third kappa shape index (κ3) is 2.52. The van der Waals surface area contributed by atoms with Gasteiger partial charge in [-0.05, 0) is 17.7 Å². The highest BCUT2D eigenvalue weighted by atomic mass is 19.1. The average Bonchev–Trinajstić information content (AvgIpc) is 2.32. The van der Waals surface area contributed by atoms with Gasteiger partial charge in [-0.15, -0.1) is 0 Å². The minimum absolute atomic E-state index is 0.248. The Bertz CT molecular complexity index is 470. The third-order valence-electron chi connectivity index (χ3n) is 2.13. The number of halogens is 1. The molecule has 82 valence electrons. The van der Waals surface area contributed by atoms with Crippen molar-refractivity contribution >= 4 is 5.82 Å². The lowest BCUT2D eigenvalue weighted by Crippen LogP contribution is -2.10. The van der Waals surface area contributed by atoms with Gasteiger partial charge in [0, 0.05) is 18.7 Å². The van der Waals surface area contributed by atoms with Crippen LogP contribution in [0.15, 0.2) is 36.5 Å². The van der Waals surface area contributed by atoms with E-state index >= 15 is 0 Å². The van der Waals surface area contributed by atoms with Gasteiger partial charge in [0.05, 0.1) is 0 Å². The molecule has 2 rings (SSSR count). The number of hydrogen-bond acceptors (Lipinski definition) is 4. The van der Waals surface area contributed by atoms with Crippen molar-refractivity contribution in [3.8, 4) is 0 Å². The average molecular weight is 218 g/mol. The predicted octanol–water partition coefficient (Wildman–Crippen LogP) is 1.49. The van der Waals surface area contributed by atoms with E-state index in [4.69, 9.17) is 5.84 Å². The molecule has 16 heavy (non-hydrogen) atoms. The molecule has 3 N–H and O–H groups in total. The van der Waals surface area contributed by atoms with E-state index in [1.165, 1.54) is 12.1 Å². The first-order chi connectivity index (χ1) is 7.78. The van der Waals surface area contributed by atoms with Crippen LogP contribution in [0.1, 0.15) is 11.4 Å². The van der Waals surface area contributed by atoms with E-state index in [2.05, 4.69) is 15.4 Å². The molecule has 0 atom stereocenters. The number of nitrogens with two attached hydrogens (primary N) is 1. The van der Waals surface area contributed by atoms with Gasteiger partial charge in [-0.1, -0.05) is 12.1 Å². The van der Waals surface area contributed by atoms with E-state index in [0.717, 1.165) is 5.56 Å². The molecule has 0 saturated carbocycles. The van der Waals surface area contributed by atoms with E-state index in [9.17, 15) is 4.39 Å². The maximum Gasteiger partial charge on any atom is 0.143 e. The Morgan fingerprint density at radius 2 is 1.94 bits per heavy atom. The van der Waals surface area contributed by atoms with Crippen LogP contribution in [-0.2, 0) is 6.42 Å². The number of hydrazine groups is 1. The minimum atomic E-state index is -0.248. The number of nitrogen functional groups attached to an aromatic ring is 1. The summed E-state index contributed by atoms with van der Waals surface area (Å²) in [5.74, 6) is 6.20. The zero-order chi connectivity index (χ0) is 11.4. The monoisotopic (exact) mass is 218 g/mol. The van der Waals surface area contributed by atoms with E-state index in [1.54, 1.807) is 24.4 Å². The van der Waals surface area contributed by atoms with Crippen molar-refractivity contribution in [3.05, 3.63) is 53.7 Å². The molecule has 1 aromatic heterocycles. The first-order valence-electron chi connectivity index (χ1n) is 4.81. The fourth-order valence-corrected chi connectivity index (χ4v) is 1.35. The highest BCUT2D eigenvalue weighted by Crippen LogP contribution is 2.08. The predicted molar refractivity (Wildman–Crippen MR) is 59.0 cm³/mol. The lowest BCUT2D eigenvalue weighted by molar-refractivity contribution is 0.627. The molecule has 0 saturated heterocycles. The van der Waals surface area contributed by atoms with Gasteiger partial charge in [0.15, 0.2) is 0 Å². The maximum absolute atomic E-state index is 12.7. The van der Waals surface area contributed by atoms with Gasteiger partial charge in [-0.25, -0.2) is 20.2 Å². The Labute approximate surface area is 92.3 Å². The number of anilines is 1. The quantitative estimate of drug-likeness (QED) is 0.605. The number of rotatable bonds is 3. The van der Waals surface area contributed by atoms with Gasteiger partial charge in [-0.3, -0.25) is 0 Å². The molecule has 5 heteroatoms. The molecule has 0 fully saturated rings. The molecule has 2 aromatic rings. The molecule has 1 aromatic carbocycles.